The van der Waals surface area contributed by atoms with Crippen molar-refractivity contribution in [1.82, 2.24) is 0 Å². The van der Waals surface area contributed by atoms with Crippen molar-refractivity contribution in [2.24, 2.45) is 5.41 Å². The average molecular weight is 218 g/mol. The Kier molecular flexibility index (Phi) is 2.03. The molecule has 1 spiro atoms. The van der Waals surface area contributed by atoms with Gasteiger partial charge in [-0.05, 0) is 25.0 Å². The van der Waals surface area contributed by atoms with E-state index in [1.165, 1.54) is 30.8 Å². The van der Waals surface area contributed by atoms with Gasteiger partial charge in [-0.15, -0.1) is 0 Å². The lowest BCUT2D eigenvalue weighted by Crippen LogP contribution is -2.27. The van der Waals surface area contributed by atoms with Gasteiger partial charge in [-0.1, -0.05) is 0 Å². The summed E-state index contributed by atoms with van der Waals surface area (Å²) in [6.45, 7) is 2.26. The van der Waals surface area contributed by atoms with Gasteiger partial charge in [0, 0.05) is 31.6 Å². The van der Waals surface area contributed by atoms with Crippen molar-refractivity contribution < 1.29 is 4.74 Å². The predicted molar refractivity (Wildman–Crippen MR) is 66.4 cm³/mol. The first-order chi connectivity index (χ1) is 7.72. The quantitative estimate of drug-likeness (QED) is 0.783. The fourth-order valence-electron chi connectivity index (χ4n) is 2.56. The number of benzene rings is 1. The Balaban J connectivity index is 1.96. The Morgan fingerprint density at radius 2 is 2.19 bits per heavy atom. The van der Waals surface area contributed by atoms with Crippen molar-refractivity contribution in [2.45, 2.75) is 12.8 Å². The van der Waals surface area contributed by atoms with Gasteiger partial charge in [0.25, 0.3) is 0 Å². The first kappa shape index (κ1) is 9.82. The molecule has 0 atom stereocenters. The van der Waals surface area contributed by atoms with E-state index < -0.39 is 0 Å². The van der Waals surface area contributed by atoms with Crippen molar-refractivity contribution >= 4 is 11.4 Å². The van der Waals surface area contributed by atoms with Crippen LogP contribution in [0.3, 0.4) is 0 Å². The molecule has 1 aromatic carbocycles. The summed E-state index contributed by atoms with van der Waals surface area (Å²) in [6, 6.07) is 6.26. The van der Waals surface area contributed by atoms with E-state index in [9.17, 15) is 0 Å². The second kappa shape index (κ2) is 3.30. The number of methoxy groups -OCH3 is 1. The zero-order valence-corrected chi connectivity index (χ0v) is 9.92. The van der Waals surface area contributed by atoms with E-state index in [1.54, 1.807) is 7.11 Å². The van der Waals surface area contributed by atoms with Crippen LogP contribution in [0.25, 0.3) is 0 Å². The highest BCUT2D eigenvalue weighted by Gasteiger charge is 2.44. The maximum absolute atomic E-state index is 5.27. The Hall–Kier alpha value is -1.38. The molecule has 3 nitrogen and oxygen atoms in total. The smallest absolute Gasteiger partial charge is 0.121 e. The maximum atomic E-state index is 5.27. The van der Waals surface area contributed by atoms with Crippen LogP contribution in [0.15, 0.2) is 18.2 Å². The van der Waals surface area contributed by atoms with Crippen LogP contribution in [0.5, 0.6) is 5.75 Å². The fourth-order valence-corrected chi connectivity index (χ4v) is 2.56. The molecule has 1 aliphatic carbocycles. The lowest BCUT2D eigenvalue weighted by atomic mass is 10.1. The fraction of sp³-hybridized carbons (Fsp3) is 0.538. The summed E-state index contributed by atoms with van der Waals surface area (Å²) in [5.74, 6) is 0.923. The van der Waals surface area contributed by atoms with Gasteiger partial charge in [-0.25, -0.2) is 0 Å². The highest BCUT2D eigenvalue weighted by Crippen LogP contribution is 2.49. The first-order valence-electron chi connectivity index (χ1n) is 5.86. The SMILES string of the molecule is COc1ccc2c(c1)NCC1(CC1)CN2C. The third kappa shape index (κ3) is 1.51. The van der Waals surface area contributed by atoms with Crippen molar-refractivity contribution in [3.63, 3.8) is 0 Å². The Morgan fingerprint density at radius 1 is 1.38 bits per heavy atom. The summed E-state index contributed by atoms with van der Waals surface area (Å²) >= 11 is 0. The predicted octanol–water partition coefficient (Wildman–Crippen LogP) is 2.34. The highest BCUT2D eigenvalue weighted by molar-refractivity contribution is 5.73. The van der Waals surface area contributed by atoms with Crippen molar-refractivity contribution in [3.8, 4) is 5.75 Å². The molecule has 86 valence electrons. The number of hydrogen-bond acceptors (Lipinski definition) is 3. The van der Waals surface area contributed by atoms with Gasteiger partial charge in [0.15, 0.2) is 0 Å². The van der Waals surface area contributed by atoms with Crippen LogP contribution >= 0.6 is 0 Å². The van der Waals surface area contributed by atoms with Gasteiger partial charge in [-0.2, -0.15) is 0 Å². The summed E-state index contributed by atoms with van der Waals surface area (Å²) in [5, 5.41) is 3.56. The molecule has 1 aromatic rings. The molecule has 0 unspecified atom stereocenters. The molecule has 3 heteroatoms. The van der Waals surface area contributed by atoms with E-state index in [-0.39, 0.29) is 0 Å². The zero-order chi connectivity index (χ0) is 11.2. The molecule has 1 fully saturated rings. The standard InChI is InChI=1S/C13H18N2O/c1-15-9-13(5-6-13)8-14-11-7-10(16-2)3-4-12(11)15/h3-4,7,14H,5-6,8-9H2,1-2H3. The van der Waals surface area contributed by atoms with Gasteiger partial charge < -0.3 is 15.0 Å². The Morgan fingerprint density at radius 3 is 2.88 bits per heavy atom. The van der Waals surface area contributed by atoms with Gasteiger partial charge in [0.05, 0.1) is 18.5 Å². The molecule has 3 rings (SSSR count). The maximum Gasteiger partial charge on any atom is 0.121 e. The number of nitrogens with one attached hydrogen (secondary N) is 1. The normalized spacial score (nSPS) is 21.0. The molecule has 2 aliphatic rings. The Bertz CT molecular complexity index is 412. The van der Waals surface area contributed by atoms with E-state index in [0.717, 1.165) is 12.3 Å². The number of nitrogens with zero attached hydrogens (tertiary/aromatic N) is 1. The van der Waals surface area contributed by atoms with Crippen LogP contribution in [-0.2, 0) is 0 Å². The summed E-state index contributed by atoms with van der Waals surface area (Å²) < 4.78 is 5.27. The summed E-state index contributed by atoms with van der Waals surface area (Å²) in [7, 11) is 3.89. The summed E-state index contributed by atoms with van der Waals surface area (Å²) in [6.07, 6.45) is 2.71. The third-order valence-corrected chi connectivity index (χ3v) is 3.80. The number of ether oxygens (including phenoxy) is 1. The molecule has 1 heterocycles. The molecular weight excluding hydrogens is 200 g/mol. The van der Waals surface area contributed by atoms with E-state index in [4.69, 9.17) is 4.74 Å². The number of rotatable bonds is 1. The molecule has 0 radical (unpaired) electrons. The molecule has 0 amide bonds. The van der Waals surface area contributed by atoms with Crippen molar-refractivity contribution in [3.05, 3.63) is 18.2 Å². The van der Waals surface area contributed by atoms with E-state index >= 15 is 0 Å². The van der Waals surface area contributed by atoms with E-state index in [2.05, 4.69) is 29.4 Å². The molecule has 0 aromatic heterocycles. The molecular formula is C13H18N2O. The van der Waals surface area contributed by atoms with Crippen LogP contribution < -0.4 is 15.0 Å². The molecule has 16 heavy (non-hydrogen) atoms. The number of hydrogen-bond donors (Lipinski definition) is 1. The van der Waals surface area contributed by atoms with Crippen LogP contribution in [0, 0.1) is 5.41 Å². The van der Waals surface area contributed by atoms with Crippen LogP contribution in [0.4, 0.5) is 11.4 Å². The van der Waals surface area contributed by atoms with Gasteiger partial charge in [-0.3, -0.25) is 0 Å². The van der Waals surface area contributed by atoms with Gasteiger partial charge >= 0.3 is 0 Å². The van der Waals surface area contributed by atoms with Crippen molar-refractivity contribution in [1.29, 1.82) is 0 Å². The van der Waals surface area contributed by atoms with Gasteiger partial charge in [0.2, 0.25) is 0 Å². The second-order valence-corrected chi connectivity index (χ2v) is 5.09. The van der Waals surface area contributed by atoms with Gasteiger partial charge in [0.1, 0.15) is 5.75 Å². The minimum absolute atomic E-state index is 0.529. The Labute approximate surface area is 96.4 Å². The number of anilines is 2. The lowest BCUT2D eigenvalue weighted by molar-refractivity contribution is 0.415. The summed E-state index contributed by atoms with van der Waals surface area (Å²) in [5.41, 5.74) is 3.01. The molecule has 1 saturated carbocycles. The lowest BCUT2D eigenvalue weighted by Gasteiger charge is -2.22. The highest BCUT2D eigenvalue weighted by atomic mass is 16.5. The third-order valence-electron chi connectivity index (χ3n) is 3.80. The molecule has 0 bridgehead atoms. The average Bonchev–Trinajstić information content (AvgIpc) is 3.07. The van der Waals surface area contributed by atoms with E-state index in [0.29, 0.717) is 5.41 Å². The molecule has 1 aliphatic heterocycles. The summed E-state index contributed by atoms with van der Waals surface area (Å²) in [4.78, 5) is 2.36. The minimum atomic E-state index is 0.529. The molecule has 1 N–H and O–H groups in total. The minimum Gasteiger partial charge on any atom is -0.497 e. The monoisotopic (exact) mass is 218 g/mol. The molecule has 0 saturated heterocycles. The first-order valence-corrected chi connectivity index (χ1v) is 5.86. The van der Waals surface area contributed by atoms with Crippen LogP contribution in [-0.4, -0.2) is 27.2 Å². The zero-order valence-electron chi connectivity index (χ0n) is 9.92. The topological polar surface area (TPSA) is 24.5 Å². The largest absolute Gasteiger partial charge is 0.497 e. The van der Waals surface area contributed by atoms with Crippen LogP contribution in [0.1, 0.15) is 12.8 Å². The van der Waals surface area contributed by atoms with Crippen molar-refractivity contribution in [2.75, 3.05) is 37.5 Å². The second-order valence-electron chi connectivity index (χ2n) is 5.09. The van der Waals surface area contributed by atoms with Crippen LogP contribution in [0.2, 0.25) is 0 Å². The number of fused-ring (bicyclic) bond motifs is 1. The van der Waals surface area contributed by atoms with E-state index in [1.807, 2.05) is 6.07 Å².